The Morgan fingerprint density at radius 3 is 2.23 bits per heavy atom. The molecule has 2 atom stereocenters. The van der Waals surface area contributed by atoms with E-state index in [0.717, 1.165) is 25.7 Å². The molecule has 0 aromatic carbocycles. The highest BCUT2D eigenvalue weighted by Crippen LogP contribution is 2.60. The molecule has 13 heavy (non-hydrogen) atoms. The molecule has 2 heteroatoms. The second kappa shape index (κ2) is 2.28. The van der Waals surface area contributed by atoms with E-state index in [1.165, 1.54) is 6.42 Å². The molecular formula is C11H17FO. The first-order valence-corrected chi connectivity index (χ1v) is 5.37. The van der Waals surface area contributed by atoms with Crippen molar-refractivity contribution in [2.45, 2.75) is 49.8 Å². The minimum Gasteiger partial charge on any atom is -0.378 e. The fourth-order valence-corrected chi connectivity index (χ4v) is 4.31. The van der Waals surface area contributed by atoms with Crippen molar-refractivity contribution in [2.24, 2.45) is 11.8 Å². The fourth-order valence-electron chi connectivity index (χ4n) is 4.31. The maximum Gasteiger partial charge on any atom is 0.114 e. The second-order valence-electron chi connectivity index (χ2n) is 5.50. The maximum atomic E-state index is 14.2. The van der Waals surface area contributed by atoms with Crippen LogP contribution in [-0.2, 0) is 4.74 Å². The quantitative estimate of drug-likeness (QED) is 0.608. The molecule has 4 aliphatic carbocycles. The van der Waals surface area contributed by atoms with Crippen molar-refractivity contribution in [1.29, 1.82) is 0 Å². The summed E-state index contributed by atoms with van der Waals surface area (Å²) in [7, 11) is 1.76. The van der Waals surface area contributed by atoms with Gasteiger partial charge in [-0.05, 0) is 43.9 Å². The molecule has 74 valence electrons. The van der Waals surface area contributed by atoms with E-state index in [0.29, 0.717) is 18.3 Å². The van der Waals surface area contributed by atoms with Gasteiger partial charge in [-0.25, -0.2) is 4.39 Å². The van der Waals surface area contributed by atoms with Crippen molar-refractivity contribution in [3.8, 4) is 0 Å². The molecule has 0 aromatic rings. The molecule has 0 amide bonds. The van der Waals surface area contributed by atoms with E-state index >= 15 is 0 Å². The van der Waals surface area contributed by atoms with E-state index in [-0.39, 0.29) is 5.60 Å². The van der Waals surface area contributed by atoms with Crippen LogP contribution in [0, 0.1) is 11.8 Å². The monoisotopic (exact) mass is 184 g/mol. The van der Waals surface area contributed by atoms with Crippen LogP contribution >= 0.6 is 0 Å². The largest absolute Gasteiger partial charge is 0.378 e. The average Bonchev–Trinajstić information content (AvgIpc) is 1.99. The number of alkyl halides is 1. The number of rotatable bonds is 1. The van der Waals surface area contributed by atoms with E-state index in [9.17, 15) is 4.39 Å². The summed E-state index contributed by atoms with van der Waals surface area (Å²) in [5, 5.41) is 0. The van der Waals surface area contributed by atoms with E-state index < -0.39 is 5.67 Å². The molecule has 4 rings (SSSR count). The normalized spacial score (nSPS) is 58.6. The van der Waals surface area contributed by atoms with Crippen molar-refractivity contribution in [3.63, 3.8) is 0 Å². The lowest BCUT2D eigenvalue weighted by Gasteiger charge is -2.58. The first-order chi connectivity index (χ1) is 6.13. The minimum atomic E-state index is -0.861. The van der Waals surface area contributed by atoms with Crippen LogP contribution in [0.3, 0.4) is 0 Å². The van der Waals surface area contributed by atoms with Crippen LogP contribution in [0.15, 0.2) is 0 Å². The van der Waals surface area contributed by atoms with Crippen LogP contribution < -0.4 is 0 Å². The average molecular weight is 184 g/mol. The summed E-state index contributed by atoms with van der Waals surface area (Å²) in [4.78, 5) is 0. The Balaban J connectivity index is 1.95. The Bertz CT molecular complexity index is 224. The lowest BCUT2D eigenvalue weighted by atomic mass is 9.53. The summed E-state index contributed by atoms with van der Waals surface area (Å²) < 4.78 is 19.8. The van der Waals surface area contributed by atoms with Crippen molar-refractivity contribution < 1.29 is 9.13 Å². The first kappa shape index (κ1) is 8.22. The number of hydrogen-bond donors (Lipinski definition) is 0. The summed E-state index contributed by atoms with van der Waals surface area (Å²) in [6.45, 7) is 0. The molecule has 0 radical (unpaired) electrons. The highest BCUT2D eigenvalue weighted by Gasteiger charge is 2.58. The maximum absolute atomic E-state index is 14.2. The highest BCUT2D eigenvalue weighted by molar-refractivity contribution is 5.09. The third-order valence-electron chi connectivity index (χ3n) is 4.37. The predicted molar refractivity (Wildman–Crippen MR) is 48.3 cm³/mol. The zero-order valence-corrected chi connectivity index (χ0v) is 8.18. The molecule has 4 saturated carbocycles. The summed E-state index contributed by atoms with van der Waals surface area (Å²) in [6, 6.07) is 0. The molecule has 0 N–H and O–H groups in total. The van der Waals surface area contributed by atoms with Gasteiger partial charge in [0.2, 0.25) is 0 Å². The van der Waals surface area contributed by atoms with Crippen LogP contribution in [0.5, 0.6) is 0 Å². The molecule has 4 fully saturated rings. The smallest absolute Gasteiger partial charge is 0.114 e. The lowest BCUT2D eigenvalue weighted by molar-refractivity contribution is -0.184. The van der Waals surface area contributed by atoms with Gasteiger partial charge in [0, 0.05) is 13.5 Å². The van der Waals surface area contributed by atoms with Gasteiger partial charge in [-0.1, -0.05) is 0 Å². The molecule has 2 unspecified atom stereocenters. The predicted octanol–water partition coefficient (Wildman–Crippen LogP) is 2.69. The van der Waals surface area contributed by atoms with Gasteiger partial charge in [0.15, 0.2) is 0 Å². The molecule has 0 aliphatic heterocycles. The van der Waals surface area contributed by atoms with Crippen LogP contribution in [0.1, 0.15) is 38.5 Å². The van der Waals surface area contributed by atoms with Gasteiger partial charge in [0.05, 0.1) is 5.60 Å². The van der Waals surface area contributed by atoms with Crippen LogP contribution in [0.25, 0.3) is 0 Å². The number of ether oxygens (including phenoxy) is 1. The molecule has 1 nitrogen and oxygen atoms in total. The lowest BCUT2D eigenvalue weighted by Crippen LogP contribution is -2.57. The number of methoxy groups -OCH3 is 1. The SMILES string of the molecule is COC12CC3CC(CC(F)(C3)C1)C2. The van der Waals surface area contributed by atoms with Gasteiger partial charge in [-0.15, -0.1) is 0 Å². The topological polar surface area (TPSA) is 9.23 Å². The summed E-state index contributed by atoms with van der Waals surface area (Å²) in [5.74, 6) is 1.23. The molecule has 0 heterocycles. The molecule has 0 aromatic heterocycles. The van der Waals surface area contributed by atoms with E-state index in [2.05, 4.69) is 0 Å². The van der Waals surface area contributed by atoms with Gasteiger partial charge in [-0.3, -0.25) is 0 Å². The molecular weight excluding hydrogens is 167 g/mol. The summed E-state index contributed by atoms with van der Waals surface area (Å²) in [5.41, 5.74) is -0.932. The Morgan fingerprint density at radius 1 is 1.15 bits per heavy atom. The van der Waals surface area contributed by atoms with Crippen molar-refractivity contribution in [2.75, 3.05) is 7.11 Å². The van der Waals surface area contributed by atoms with Gasteiger partial charge >= 0.3 is 0 Å². The van der Waals surface area contributed by atoms with Crippen LogP contribution in [0.4, 0.5) is 4.39 Å². The van der Waals surface area contributed by atoms with E-state index in [4.69, 9.17) is 4.74 Å². The van der Waals surface area contributed by atoms with E-state index in [1.54, 1.807) is 7.11 Å². The van der Waals surface area contributed by atoms with Gasteiger partial charge in [0.25, 0.3) is 0 Å². The second-order valence-corrected chi connectivity index (χ2v) is 5.50. The molecule has 0 spiro atoms. The third kappa shape index (κ3) is 1.08. The van der Waals surface area contributed by atoms with Crippen molar-refractivity contribution in [1.82, 2.24) is 0 Å². The van der Waals surface area contributed by atoms with Gasteiger partial charge < -0.3 is 4.74 Å². The summed E-state index contributed by atoms with van der Waals surface area (Å²) in [6.07, 6.45) is 5.79. The number of halogens is 1. The Hall–Kier alpha value is -0.110. The number of hydrogen-bond acceptors (Lipinski definition) is 1. The van der Waals surface area contributed by atoms with Gasteiger partial charge in [-0.2, -0.15) is 0 Å². The molecule has 4 bridgehead atoms. The Morgan fingerprint density at radius 2 is 1.77 bits per heavy atom. The van der Waals surface area contributed by atoms with Crippen molar-refractivity contribution in [3.05, 3.63) is 0 Å². The Kier molecular flexibility index (Phi) is 1.44. The van der Waals surface area contributed by atoms with Crippen molar-refractivity contribution >= 4 is 0 Å². The highest BCUT2D eigenvalue weighted by atomic mass is 19.1. The molecule has 4 aliphatic rings. The zero-order valence-electron chi connectivity index (χ0n) is 8.18. The van der Waals surface area contributed by atoms with Crippen LogP contribution in [0.2, 0.25) is 0 Å². The third-order valence-corrected chi connectivity index (χ3v) is 4.37. The minimum absolute atomic E-state index is 0.0706. The zero-order chi connectivity index (χ0) is 9.10. The Labute approximate surface area is 78.7 Å². The summed E-state index contributed by atoms with van der Waals surface area (Å²) >= 11 is 0. The van der Waals surface area contributed by atoms with Crippen LogP contribution in [-0.4, -0.2) is 18.4 Å². The van der Waals surface area contributed by atoms with E-state index in [1.807, 2.05) is 0 Å². The fraction of sp³-hybridized carbons (Fsp3) is 1.00. The standard InChI is InChI=1S/C11H17FO/c1-13-11-5-8-2-9(6-11)4-10(12,3-8)7-11/h8-9H,2-7H2,1H3. The van der Waals surface area contributed by atoms with Gasteiger partial charge in [0.1, 0.15) is 5.67 Å². The molecule has 0 saturated heterocycles. The first-order valence-electron chi connectivity index (χ1n) is 5.37.